The quantitative estimate of drug-likeness (QED) is 0.797. The van der Waals surface area contributed by atoms with E-state index in [1.165, 1.54) is 6.42 Å². The Hall–Kier alpha value is -2.12. The van der Waals surface area contributed by atoms with Gasteiger partial charge in [-0.05, 0) is 18.6 Å². The first-order chi connectivity index (χ1) is 11.3. The van der Waals surface area contributed by atoms with E-state index < -0.39 is 0 Å². The van der Waals surface area contributed by atoms with Gasteiger partial charge in [0.1, 0.15) is 10.8 Å². The second kappa shape index (κ2) is 4.94. The van der Waals surface area contributed by atoms with E-state index in [0.29, 0.717) is 18.1 Å². The summed E-state index contributed by atoms with van der Waals surface area (Å²) in [6, 6.07) is 5.72. The fourth-order valence-corrected chi connectivity index (χ4v) is 4.13. The maximum absolute atomic E-state index is 6.15. The van der Waals surface area contributed by atoms with Gasteiger partial charge in [-0.2, -0.15) is 4.98 Å². The van der Waals surface area contributed by atoms with Crippen LogP contribution < -0.4 is 15.0 Å². The van der Waals surface area contributed by atoms with Crippen molar-refractivity contribution in [1.29, 1.82) is 0 Å². The molecule has 0 aliphatic carbocycles. The molecule has 7 heteroatoms. The number of piperazine rings is 1. The van der Waals surface area contributed by atoms with Gasteiger partial charge in [-0.25, -0.2) is 4.98 Å². The zero-order valence-electron chi connectivity index (χ0n) is 12.7. The summed E-state index contributed by atoms with van der Waals surface area (Å²) in [6.07, 6.45) is 3.06. The largest absolute Gasteiger partial charge is 0.494 e. The molecule has 5 heterocycles. The second-order valence-electron chi connectivity index (χ2n) is 6.03. The summed E-state index contributed by atoms with van der Waals surface area (Å²) >= 11 is 1.59. The molecule has 0 amide bonds. The van der Waals surface area contributed by atoms with Crippen LogP contribution in [0.5, 0.6) is 5.75 Å². The number of methoxy groups -OCH3 is 1. The van der Waals surface area contributed by atoms with E-state index in [2.05, 4.69) is 15.2 Å². The summed E-state index contributed by atoms with van der Waals surface area (Å²) in [5, 5.41) is 6.42. The van der Waals surface area contributed by atoms with Crippen LogP contribution in [0.4, 0.5) is 6.01 Å². The summed E-state index contributed by atoms with van der Waals surface area (Å²) in [5.74, 6) is 0.732. The molecule has 118 valence electrons. The van der Waals surface area contributed by atoms with Crippen LogP contribution >= 0.6 is 11.3 Å². The third kappa shape index (κ3) is 2.04. The Labute approximate surface area is 137 Å². The predicted molar refractivity (Wildman–Crippen MR) is 89.2 cm³/mol. The number of nitrogens with zero attached hydrogens (tertiary/aromatic N) is 3. The number of aromatic nitrogens is 2. The van der Waals surface area contributed by atoms with Crippen molar-refractivity contribution in [3.8, 4) is 16.3 Å². The molecule has 23 heavy (non-hydrogen) atoms. The molecular weight excluding hydrogens is 312 g/mol. The van der Waals surface area contributed by atoms with Crippen LogP contribution in [0.15, 0.2) is 28.1 Å². The van der Waals surface area contributed by atoms with Crippen molar-refractivity contribution < 1.29 is 9.15 Å². The van der Waals surface area contributed by atoms with E-state index in [1.54, 1.807) is 24.6 Å². The molecule has 0 spiro atoms. The fourth-order valence-electron chi connectivity index (χ4n) is 3.47. The van der Waals surface area contributed by atoms with Crippen LogP contribution in [0.2, 0.25) is 0 Å². The smallest absolute Gasteiger partial charge is 0.298 e. The van der Waals surface area contributed by atoms with Crippen LogP contribution in [-0.2, 0) is 0 Å². The number of nitrogens with one attached hydrogen (secondary N) is 1. The SMILES string of the molecule is COc1ccc(-c2nccs2)c2oc(N3CC4CC(C3)N4)nc12. The average molecular weight is 328 g/mol. The molecule has 6 rings (SSSR count). The van der Waals surface area contributed by atoms with Crippen LogP contribution in [0.25, 0.3) is 21.7 Å². The van der Waals surface area contributed by atoms with Crippen molar-refractivity contribution in [2.45, 2.75) is 18.5 Å². The lowest BCUT2D eigenvalue weighted by Crippen LogP contribution is -2.67. The summed E-state index contributed by atoms with van der Waals surface area (Å²) in [6.45, 7) is 1.89. The minimum absolute atomic E-state index is 0.559. The topological polar surface area (TPSA) is 63.4 Å². The number of hydrogen-bond donors (Lipinski definition) is 1. The van der Waals surface area contributed by atoms with E-state index in [0.717, 1.165) is 40.5 Å². The normalized spacial score (nSPS) is 23.1. The van der Waals surface area contributed by atoms with Crippen molar-refractivity contribution >= 4 is 28.5 Å². The molecule has 0 saturated carbocycles. The molecule has 1 aromatic carbocycles. The van der Waals surface area contributed by atoms with Crippen LogP contribution in [0, 0.1) is 0 Å². The highest BCUT2D eigenvalue weighted by molar-refractivity contribution is 7.13. The molecule has 2 unspecified atom stereocenters. The molecule has 3 aliphatic heterocycles. The first-order valence-electron chi connectivity index (χ1n) is 7.70. The molecule has 0 radical (unpaired) electrons. The van der Waals surface area contributed by atoms with Gasteiger partial charge in [-0.15, -0.1) is 11.3 Å². The van der Waals surface area contributed by atoms with Gasteiger partial charge < -0.3 is 19.4 Å². The van der Waals surface area contributed by atoms with Gasteiger partial charge in [-0.1, -0.05) is 0 Å². The lowest BCUT2D eigenvalue weighted by Gasteiger charge is -2.47. The molecule has 3 aliphatic rings. The van der Waals surface area contributed by atoms with Gasteiger partial charge in [0.15, 0.2) is 11.1 Å². The number of fused-ring (bicyclic) bond motifs is 3. The molecule has 3 saturated heterocycles. The van der Waals surface area contributed by atoms with Gasteiger partial charge in [0.25, 0.3) is 6.01 Å². The minimum atomic E-state index is 0.559. The Kier molecular flexibility index (Phi) is 2.86. The Morgan fingerprint density at radius 1 is 1.35 bits per heavy atom. The third-order valence-corrected chi connectivity index (χ3v) is 5.38. The van der Waals surface area contributed by atoms with Gasteiger partial charge in [0, 0.05) is 36.8 Å². The van der Waals surface area contributed by atoms with E-state index in [9.17, 15) is 0 Å². The van der Waals surface area contributed by atoms with Crippen molar-refractivity contribution in [3.05, 3.63) is 23.7 Å². The van der Waals surface area contributed by atoms with Crippen LogP contribution in [0.1, 0.15) is 6.42 Å². The summed E-state index contributed by atoms with van der Waals surface area (Å²) in [7, 11) is 1.66. The average Bonchev–Trinajstić information content (AvgIpc) is 3.23. The molecular formula is C16H16N4O2S. The van der Waals surface area contributed by atoms with Crippen molar-refractivity contribution in [3.63, 3.8) is 0 Å². The number of rotatable bonds is 3. The Morgan fingerprint density at radius 3 is 2.87 bits per heavy atom. The van der Waals surface area contributed by atoms with Crippen molar-refractivity contribution in [2.75, 3.05) is 25.1 Å². The third-order valence-electron chi connectivity index (χ3n) is 4.57. The number of oxazole rings is 1. The van der Waals surface area contributed by atoms with Crippen molar-refractivity contribution in [1.82, 2.24) is 15.3 Å². The number of hydrogen-bond acceptors (Lipinski definition) is 7. The Balaban J connectivity index is 1.64. The maximum atomic E-state index is 6.15. The van der Waals surface area contributed by atoms with Crippen molar-refractivity contribution in [2.24, 2.45) is 0 Å². The second-order valence-corrected chi connectivity index (χ2v) is 6.92. The van der Waals surface area contributed by atoms with Crippen LogP contribution in [0.3, 0.4) is 0 Å². The number of ether oxygens (including phenoxy) is 1. The van der Waals surface area contributed by atoms with E-state index in [4.69, 9.17) is 14.1 Å². The van der Waals surface area contributed by atoms with E-state index in [-0.39, 0.29) is 0 Å². The maximum Gasteiger partial charge on any atom is 0.298 e. The van der Waals surface area contributed by atoms with Gasteiger partial charge in [0.2, 0.25) is 0 Å². The summed E-state index contributed by atoms with van der Waals surface area (Å²) < 4.78 is 11.6. The monoisotopic (exact) mass is 328 g/mol. The zero-order chi connectivity index (χ0) is 15.4. The number of thiazole rings is 1. The highest BCUT2D eigenvalue weighted by Crippen LogP contribution is 2.38. The number of piperidine rings is 1. The lowest BCUT2D eigenvalue weighted by atomic mass is 9.92. The van der Waals surface area contributed by atoms with Crippen LogP contribution in [-0.4, -0.2) is 42.3 Å². The Morgan fingerprint density at radius 2 is 2.17 bits per heavy atom. The van der Waals surface area contributed by atoms with Gasteiger partial charge in [0.05, 0.1) is 12.7 Å². The predicted octanol–water partition coefficient (Wildman–Crippen LogP) is 2.51. The molecule has 2 aromatic heterocycles. The standard InChI is InChI=1S/C16H16N4O2S/c1-21-12-3-2-11(15-17-4-5-23-15)14-13(12)19-16(22-14)20-7-9-6-10(8-20)18-9/h2-5,9-10,18H,6-8H2,1H3. The fraction of sp³-hybridized carbons (Fsp3) is 0.375. The first-order valence-corrected chi connectivity index (χ1v) is 8.58. The first kappa shape index (κ1) is 13.3. The highest BCUT2D eigenvalue weighted by atomic mass is 32.1. The minimum Gasteiger partial charge on any atom is -0.494 e. The van der Waals surface area contributed by atoms with E-state index in [1.807, 2.05) is 17.5 Å². The highest BCUT2D eigenvalue weighted by Gasteiger charge is 2.38. The van der Waals surface area contributed by atoms with E-state index >= 15 is 0 Å². The summed E-state index contributed by atoms with van der Waals surface area (Å²) in [4.78, 5) is 11.3. The molecule has 1 N–H and O–H groups in total. The molecule has 2 bridgehead atoms. The molecule has 3 aromatic rings. The molecule has 2 atom stereocenters. The van der Waals surface area contributed by atoms with Gasteiger partial charge >= 0.3 is 0 Å². The lowest BCUT2D eigenvalue weighted by molar-refractivity contribution is 0.220. The van der Waals surface area contributed by atoms with Gasteiger partial charge in [-0.3, -0.25) is 0 Å². The summed E-state index contributed by atoms with van der Waals surface area (Å²) in [5.41, 5.74) is 2.48. The molecule has 3 fully saturated rings. The zero-order valence-corrected chi connectivity index (χ0v) is 13.5. The number of anilines is 1. The molecule has 6 nitrogen and oxygen atoms in total. The number of benzene rings is 1. The Bertz CT molecular complexity index is 844.